The Labute approximate surface area is 271 Å². The van der Waals surface area contributed by atoms with E-state index in [9.17, 15) is 0 Å². The second-order valence-corrected chi connectivity index (χ2v) is 13.8. The Bertz CT molecular complexity index is 3040. The molecule has 0 saturated heterocycles. The van der Waals surface area contributed by atoms with Crippen LogP contribution in [-0.2, 0) is 5.41 Å². The molecule has 1 aliphatic rings. The average Bonchev–Trinajstić information content (AvgIpc) is 3.70. The summed E-state index contributed by atoms with van der Waals surface area (Å²) in [5.74, 6) is 0. The van der Waals surface area contributed by atoms with Gasteiger partial charge in [0.05, 0.1) is 27.6 Å². The summed E-state index contributed by atoms with van der Waals surface area (Å²) in [6, 6.07) is 54.8. The van der Waals surface area contributed by atoms with Gasteiger partial charge in [0, 0.05) is 38.0 Å². The maximum Gasteiger partial charge on any atom is 0.0564 e. The van der Waals surface area contributed by atoms with Crippen LogP contribution in [0.5, 0.6) is 0 Å². The van der Waals surface area contributed by atoms with E-state index in [0.29, 0.717) is 0 Å². The first-order chi connectivity index (χ1) is 23.1. The van der Waals surface area contributed by atoms with Gasteiger partial charge in [-0.1, -0.05) is 123 Å². The van der Waals surface area contributed by atoms with Crippen LogP contribution in [-0.4, -0.2) is 8.80 Å². The standard InChI is InChI=1S/C45H30N2/c1-45(2)37-16-8-5-15-36(37)44-38(45)25-29-26-43(44)47-40-18-10-7-14-33(40)35-22-20-28(24-42(35)47)31-12-4-3-11-30(31)27-19-21-34-32-13-6-9-17-39(32)46(29)41(34)23-27/h3-26H,1-2H3. The van der Waals surface area contributed by atoms with Gasteiger partial charge in [-0.05, 0) is 74.6 Å². The molecule has 0 saturated carbocycles. The summed E-state index contributed by atoms with van der Waals surface area (Å²) < 4.78 is 5.06. The maximum atomic E-state index is 2.55. The highest BCUT2D eigenvalue weighted by Gasteiger charge is 2.37. The normalized spacial score (nSPS) is 13.9. The monoisotopic (exact) mass is 598 g/mol. The lowest BCUT2D eigenvalue weighted by atomic mass is 9.82. The summed E-state index contributed by atoms with van der Waals surface area (Å²) in [5.41, 5.74) is 12.6. The molecular formula is C45H30N2. The van der Waals surface area contributed by atoms with E-state index >= 15 is 0 Å². The van der Waals surface area contributed by atoms with Crippen molar-refractivity contribution >= 4 is 76.2 Å². The number of nitrogens with zero attached hydrogens (tertiary/aromatic N) is 2. The van der Waals surface area contributed by atoms with Gasteiger partial charge < -0.3 is 8.80 Å². The fourth-order valence-electron chi connectivity index (χ4n) is 8.89. The zero-order valence-corrected chi connectivity index (χ0v) is 26.3. The van der Waals surface area contributed by atoms with E-state index in [1.54, 1.807) is 0 Å². The van der Waals surface area contributed by atoms with Crippen LogP contribution in [0.15, 0.2) is 146 Å². The van der Waals surface area contributed by atoms with Crippen LogP contribution >= 0.6 is 0 Å². The molecule has 3 heterocycles. The molecule has 11 rings (SSSR count). The molecule has 0 atom stereocenters. The molecule has 220 valence electrons. The predicted molar refractivity (Wildman–Crippen MR) is 200 cm³/mol. The average molecular weight is 599 g/mol. The number of rotatable bonds is 0. The predicted octanol–water partition coefficient (Wildman–Crippen LogP) is 12.0. The first-order valence-electron chi connectivity index (χ1n) is 16.5. The van der Waals surface area contributed by atoms with E-state index in [-0.39, 0.29) is 5.41 Å². The molecule has 2 nitrogen and oxygen atoms in total. The molecular weight excluding hydrogens is 569 g/mol. The molecule has 47 heavy (non-hydrogen) atoms. The lowest BCUT2D eigenvalue weighted by molar-refractivity contribution is 0.661. The number of para-hydroxylation sites is 2. The van der Waals surface area contributed by atoms with Crippen LogP contribution in [0.4, 0.5) is 0 Å². The summed E-state index contributed by atoms with van der Waals surface area (Å²) in [4.78, 5) is 0. The van der Waals surface area contributed by atoms with Gasteiger partial charge >= 0.3 is 0 Å². The topological polar surface area (TPSA) is 8.82 Å². The van der Waals surface area contributed by atoms with E-state index in [4.69, 9.17) is 0 Å². The van der Waals surface area contributed by atoms with E-state index in [1.807, 2.05) is 0 Å². The van der Waals surface area contributed by atoms with Crippen LogP contribution < -0.4 is 0 Å². The minimum absolute atomic E-state index is 0.158. The van der Waals surface area contributed by atoms with Gasteiger partial charge in [0.15, 0.2) is 0 Å². The van der Waals surface area contributed by atoms with Crippen molar-refractivity contribution in [3.05, 3.63) is 157 Å². The second-order valence-electron chi connectivity index (χ2n) is 13.8. The van der Waals surface area contributed by atoms with Gasteiger partial charge in [0.25, 0.3) is 0 Å². The minimum Gasteiger partial charge on any atom is -0.309 e. The molecule has 1 aliphatic carbocycles. The first kappa shape index (κ1) is 25.3. The van der Waals surface area contributed by atoms with Crippen LogP contribution in [0, 0.1) is 0 Å². The summed E-state index contributed by atoms with van der Waals surface area (Å²) in [6.45, 7) is 4.79. The molecule has 0 aliphatic heterocycles. The smallest absolute Gasteiger partial charge is 0.0564 e. The van der Waals surface area contributed by atoms with Crippen molar-refractivity contribution in [2.24, 2.45) is 0 Å². The number of aromatic nitrogens is 2. The van der Waals surface area contributed by atoms with Crippen molar-refractivity contribution in [3.8, 4) is 11.1 Å². The second kappa shape index (κ2) is 8.69. The van der Waals surface area contributed by atoms with Gasteiger partial charge in [0.2, 0.25) is 0 Å². The Morgan fingerprint density at radius 1 is 0.383 bits per heavy atom. The highest BCUT2D eigenvalue weighted by atomic mass is 14.9. The molecule has 6 bridgehead atoms. The van der Waals surface area contributed by atoms with E-state index < -0.39 is 0 Å². The molecule has 7 aromatic carbocycles. The van der Waals surface area contributed by atoms with Crippen LogP contribution in [0.3, 0.4) is 0 Å². The largest absolute Gasteiger partial charge is 0.309 e. The molecule has 0 radical (unpaired) electrons. The molecule has 0 amide bonds. The van der Waals surface area contributed by atoms with Crippen molar-refractivity contribution in [1.29, 1.82) is 0 Å². The summed E-state index contributed by atoms with van der Waals surface area (Å²) in [7, 11) is 0. The number of fused-ring (bicyclic) bond motifs is 19. The molecule has 10 aromatic rings. The fraction of sp³-hybridized carbons (Fsp3) is 0.0667. The Morgan fingerprint density at radius 2 is 0.894 bits per heavy atom. The fourth-order valence-corrected chi connectivity index (χ4v) is 8.89. The molecule has 0 unspecified atom stereocenters. The molecule has 0 fully saturated rings. The molecule has 0 N–H and O–H groups in total. The first-order valence-corrected chi connectivity index (χ1v) is 16.5. The zero-order chi connectivity index (χ0) is 31.0. The third-order valence-corrected chi connectivity index (χ3v) is 11.0. The summed E-state index contributed by atoms with van der Waals surface area (Å²) in [6.07, 6.45) is 0. The van der Waals surface area contributed by atoms with Crippen molar-refractivity contribution < 1.29 is 0 Å². The van der Waals surface area contributed by atoms with Gasteiger partial charge in [0.1, 0.15) is 0 Å². The van der Waals surface area contributed by atoms with Crippen LogP contribution in [0.25, 0.3) is 87.3 Å². The Kier molecular flexibility index (Phi) is 4.68. The lowest BCUT2D eigenvalue weighted by Gasteiger charge is -2.21. The number of hydrogen-bond acceptors (Lipinski definition) is 0. The summed E-state index contributed by atoms with van der Waals surface area (Å²) >= 11 is 0. The lowest BCUT2D eigenvalue weighted by Crippen LogP contribution is -2.15. The van der Waals surface area contributed by atoms with E-state index in [1.165, 1.54) is 98.4 Å². The Morgan fingerprint density at radius 3 is 1.55 bits per heavy atom. The van der Waals surface area contributed by atoms with Crippen LogP contribution in [0.1, 0.15) is 25.0 Å². The third-order valence-electron chi connectivity index (χ3n) is 11.0. The number of benzene rings is 7. The van der Waals surface area contributed by atoms with E-state index in [2.05, 4.69) is 168 Å². The maximum absolute atomic E-state index is 2.55. The van der Waals surface area contributed by atoms with Gasteiger partial charge in [-0.25, -0.2) is 0 Å². The van der Waals surface area contributed by atoms with Gasteiger partial charge in [-0.15, -0.1) is 0 Å². The summed E-state index contributed by atoms with van der Waals surface area (Å²) in [5, 5.41) is 10.0. The van der Waals surface area contributed by atoms with Crippen molar-refractivity contribution in [2.45, 2.75) is 19.3 Å². The molecule has 2 heteroatoms. The Balaban J connectivity index is 1.55. The van der Waals surface area contributed by atoms with Gasteiger partial charge in [-0.2, -0.15) is 0 Å². The van der Waals surface area contributed by atoms with Crippen molar-refractivity contribution in [3.63, 3.8) is 0 Å². The quantitative estimate of drug-likeness (QED) is 0.164. The Hall–Kier alpha value is -5.86. The SMILES string of the molecule is CC1(C)c2ccccc2-c2c1cc1cc2n2c3ccccc3c3ccc(cc32)c2ccccc2c2ccc3c4ccccc4n1c3c2. The highest BCUT2D eigenvalue weighted by molar-refractivity contribution is 6.16. The van der Waals surface area contributed by atoms with Crippen molar-refractivity contribution in [1.82, 2.24) is 8.80 Å². The van der Waals surface area contributed by atoms with E-state index in [0.717, 1.165) is 0 Å². The van der Waals surface area contributed by atoms with Gasteiger partial charge in [-0.3, -0.25) is 0 Å². The third kappa shape index (κ3) is 3.15. The number of hydrogen-bond donors (Lipinski definition) is 0. The molecule has 0 spiro atoms. The zero-order valence-electron chi connectivity index (χ0n) is 26.3. The highest BCUT2D eigenvalue weighted by Crippen LogP contribution is 2.51. The van der Waals surface area contributed by atoms with Crippen LogP contribution in [0.2, 0.25) is 0 Å². The van der Waals surface area contributed by atoms with Crippen molar-refractivity contribution in [2.75, 3.05) is 0 Å². The molecule has 3 aromatic heterocycles. The minimum atomic E-state index is -0.158.